The van der Waals surface area contributed by atoms with Gasteiger partial charge < -0.3 is 0 Å². The number of hydrogen-bond acceptors (Lipinski definition) is 3. The van der Waals surface area contributed by atoms with Crippen LogP contribution in [0.3, 0.4) is 0 Å². The Hall–Kier alpha value is 1.72. The third-order valence-electron chi connectivity index (χ3n) is 5.97. The molecule has 0 rings (SSSR count). The Morgan fingerprint density at radius 2 is 0.594 bits per heavy atom. The molecule has 0 unspecified atom stereocenters. The van der Waals surface area contributed by atoms with Crippen molar-refractivity contribution in [1.29, 1.82) is 0 Å². The molecule has 0 saturated carbocycles. The first-order valence-electron chi connectivity index (χ1n) is 13.1. The van der Waals surface area contributed by atoms with E-state index in [0.717, 1.165) is 0 Å². The number of hydrogen-bond donors (Lipinski definition) is 0. The molecule has 0 aromatic rings. The SMILES string of the molecule is CCC[CH2][Ge]([N]([Si](C)(C)C)[Si](C)(C)C)([N]([Si](C)(C)C)[Si](C)(C)C)[N]([Si](C)(C)C)[Si](C)(C)C. The summed E-state index contributed by atoms with van der Waals surface area (Å²) in [6.45, 7) is 50.9. The fourth-order valence-electron chi connectivity index (χ4n) is 7.29. The Kier molecular flexibility index (Phi) is 11.2. The summed E-state index contributed by atoms with van der Waals surface area (Å²) >= 11 is -2.93. The van der Waals surface area contributed by atoms with Gasteiger partial charge in [-0.2, -0.15) is 0 Å². The molecule has 0 N–H and O–H groups in total. The van der Waals surface area contributed by atoms with Crippen molar-refractivity contribution < 1.29 is 0 Å². The van der Waals surface area contributed by atoms with Crippen LogP contribution in [0.2, 0.25) is 123 Å². The van der Waals surface area contributed by atoms with Gasteiger partial charge in [0.15, 0.2) is 0 Å². The van der Waals surface area contributed by atoms with Crippen LogP contribution in [0.5, 0.6) is 0 Å². The summed E-state index contributed by atoms with van der Waals surface area (Å²) in [4.78, 5) is 0. The summed E-state index contributed by atoms with van der Waals surface area (Å²) in [6, 6.07) is 0. The van der Waals surface area contributed by atoms with Crippen molar-refractivity contribution in [3.63, 3.8) is 0 Å². The van der Waals surface area contributed by atoms with Crippen molar-refractivity contribution in [2.75, 3.05) is 0 Å². The first-order valence-corrected chi connectivity index (χ1v) is 38.1. The van der Waals surface area contributed by atoms with E-state index in [1.165, 1.54) is 18.1 Å². The zero-order chi connectivity index (χ0) is 26.4. The predicted octanol–water partition coefficient (Wildman–Crippen LogP) is 8.64. The van der Waals surface area contributed by atoms with Crippen LogP contribution in [0.15, 0.2) is 0 Å². The minimum absolute atomic E-state index is 1.33. The second-order valence-electron chi connectivity index (χ2n) is 15.9. The van der Waals surface area contributed by atoms with Gasteiger partial charge in [0.05, 0.1) is 0 Å². The summed E-state index contributed by atoms with van der Waals surface area (Å²) in [5.74, 6) is 0. The molecule has 0 spiro atoms. The molecule has 10 heteroatoms. The van der Waals surface area contributed by atoms with E-state index >= 15 is 0 Å². The van der Waals surface area contributed by atoms with Gasteiger partial charge in [-0.3, -0.25) is 0 Å². The summed E-state index contributed by atoms with van der Waals surface area (Å²) in [6.07, 6.45) is 2.73. The maximum atomic E-state index is 3.46. The van der Waals surface area contributed by atoms with Crippen LogP contribution >= 0.6 is 0 Å². The van der Waals surface area contributed by atoms with Crippen molar-refractivity contribution in [3.05, 3.63) is 0 Å². The molecule has 0 heterocycles. The van der Waals surface area contributed by atoms with Gasteiger partial charge in [-0.1, -0.05) is 0 Å². The van der Waals surface area contributed by atoms with Crippen molar-refractivity contribution in [2.24, 2.45) is 0 Å². The number of rotatable bonds is 12. The molecule has 0 aliphatic rings. The zero-order valence-corrected chi connectivity index (χ0v) is 34.1. The molecule has 0 aromatic carbocycles. The average molecular weight is 611 g/mol. The molecule has 0 amide bonds. The Balaban J connectivity index is 8.13. The van der Waals surface area contributed by atoms with Crippen molar-refractivity contribution in [2.45, 2.75) is 143 Å². The fraction of sp³-hybridized carbons (Fsp3) is 1.00. The third kappa shape index (κ3) is 8.12. The van der Waals surface area contributed by atoms with E-state index in [-0.39, 0.29) is 0 Å². The summed E-state index contributed by atoms with van der Waals surface area (Å²) in [5.41, 5.74) is 0. The van der Waals surface area contributed by atoms with Crippen molar-refractivity contribution in [1.82, 2.24) is 9.56 Å². The van der Waals surface area contributed by atoms with E-state index < -0.39 is 63.3 Å². The van der Waals surface area contributed by atoms with Crippen LogP contribution in [0.25, 0.3) is 0 Å². The van der Waals surface area contributed by atoms with Gasteiger partial charge in [-0.25, -0.2) is 0 Å². The molecule has 32 heavy (non-hydrogen) atoms. The monoisotopic (exact) mass is 611 g/mol. The molecule has 0 saturated heterocycles. The van der Waals surface area contributed by atoms with Crippen LogP contribution in [0.4, 0.5) is 0 Å². The molecule has 0 atom stereocenters. The van der Waals surface area contributed by atoms with Gasteiger partial charge in [0, 0.05) is 0 Å². The zero-order valence-electron chi connectivity index (χ0n) is 26.0. The predicted molar refractivity (Wildman–Crippen MR) is 171 cm³/mol. The molecule has 0 aliphatic heterocycles. The molecule has 0 radical (unpaired) electrons. The Morgan fingerprint density at radius 1 is 0.406 bits per heavy atom. The quantitative estimate of drug-likeness (QED) is 0.205. The number of unbranched alkanes of at least 4 members (excludes halogenated alkanes) is 1. The van der Waals surface area contributed by atoms with E-state index in [9.17, 15) is 0 Å². The molecule has 0 aromatic heterocycles. The fourth-order valence-corrected chi connectivity index (χ4v) is 98.8. The minimum atomic E-state index is -2.93. The van der Waals surface area contributed by atoms with E-state index in [0.29, 0.717) is 0 Å². The van der Waals surface area contributed by atoms with Gasteiger partial charge >= 0.3 is 216 Å². The molecular weight excluding hydrogens is 547 g/mol. The van der Waals surface area contributed by atoms with Gasteiger partial charge in [0.2, 0.25) is 0 Å². The molecular formula is C22H63GeN3Si6. The van der Waals surface area contributed by atoms with Crippen LogP contribution in [-0.2, 0) is 0 Å². The first-order chi connectivity index (χ1) is 13.7. The van der Waals surface area contributed by atoms with Gasteiger partial charge in [-0.15, -0.1) is 0 Å². The Morgan fingerprint density at radius 3 is 0.719 bits per heavy atom. The standard InChI is InChI=1S/C22H63GeN3Si6/c1-20-21-22-23(24(27(2,3)4)28(5,6)7,25(29(8,9)10)30(11,12)13)26(31(14,15)16)32(17,18)19/h20-22H2,1-19H3. The second-order valence-corrected chi connectivity index (χ2v) is 58.7. The van der Waals surface area contributed by atoms with Gasteiger partial charge in [-0.05, 0) is 0 Å². The Bertz CT molecular complexity index is 483. The maximum absolute atomic E-state index is 3.46. The first kappa shape index (κ1) is 33.7. The molecule has 0 bridgehead atoms. The average Bonchev–Trinajstić information content (AvgIpc) is 2.34. The summed E-state index contributed by atoms with van der Waals surface area (Å²) < 4.78 is 10.4. The summed E-state index contributed by atoms with van der Waals surface area (Å²) in [5, 5.41) is 1.49. The molecule has 0 fully saturated rings. The summed E-state index contributed by atoms with van der Waals surface area (Å²) in [7, 11) is -9.39. The van der Waals surface area contributed by atoms with Crippen LogP contribution < -0.4 is 0 Å². The van der Waals surface area contributed by atoms with Crippen LogP contribution in [0, 0.1) is 0 Å². The number of nitrogens with zero attached hydrogens (tertiary/aromatic N) is 3. The molecule has 3 nitrogen and oxygen atoms in total. The van der Waals surface area contributed by atoms with Crippen LogP contribution in [-0.4, -0.2) is 72.9 Å². The van der Waals surface area contributed by atoms with Crippen molar-refractivity contribution in [3.8, 4) is 0 Å². The Labute approximate surface area is 214 Å². The van der Waals surface area contributed by atoms with Gasteiger partial charge in [0.1, 0.15) is 0 Å². The van der Waals surface area contributed by atoms with Gasteiger partial charge in [0.25, 0.3) is 0 Å². The van der Waals surface area contributed by atoms with E-state index in [4.69, 9.17) is 0 Å². The van der Waals surface area contributed by atoms with E-state index in [2.05, 4.69) is 134 Å². The van der Waals surface area contributed by atoms with E-state index in [1.807, 2.05) is 0 Å². The normalized spacial score (nSPS) is 15.9. The van der Waals surface area contributed by atoms with E-state index in [1.54, 1.807) is 0 Å². The molecule has 194 valence electrons. The second kappa shape index (κ2) is 10.6. The van der Waals surface area contributed by atoms with Crippen LogP contribution in [0.1, 0.15) is 19.8 Å². The van der Waals surface area contributed by atoms with Crippen molar-refractivity contribution >= 4 is 63.3 Å². The topological polar surface area (TPSA) is 9.72 Å². The third-order valence-corrected chi connectivity index (χ3v) is 69.2. The molecule has 0 aliphatic carbocycles.